The second kappa shape index (κ2) is 7.02. The van der Waals surface area contributed by atoms with Crippen molar-refractivity contribution in [2.24, 2.45) is 5.73 Å². The molecule has 0 aliphatic heterocycles. The van der Waals surface area contributed by atoms with Crippen LogP contribution in [0.25, 0.3) is 28.1 Å². The van der Waals surface area contributed by atoms with E-state index in [9.17, 15) is 4.39 Å². The van der Waals surface area contributed by atoms with Crippen molar-refractivity contribution in [3.63, 3.8) is 0 Å². The quantitative estimate of drug-likeness (QED) is 0.671. The molecule has 0 amide bonds. The molecule has 0 fully saturated rings. The highest BCUT2D eigenvalue weighted by Gasteiger charge is 2.18. The number of nitrogens with two attached hydrogens (primary N) is 1. The summed E-state index contributed by atoms with van der Waals surface area (Å²) in [6, 6.07) is 15.4. The summed E-state index contributed by atoms with van der Waals surface area (Å²) in [5.74, 6) is -0.216. The Morgan fingerprint density at radius 3 is 2.46 bits per heavy atom. The predicted octanol–water partition coefficient (Wildman–Crippen LogP) is 5.39. The van der Waals surface area contributed by atoms with Gasteiger partial charge in [-0.25, -0.2) is 4.39 Å². The topological polar surface area (TPSA) is 30.9 Å². The lowest BCUT2D eigenvalue weighted by atomic mass is 10.0. The van der Waals surface area contributed by atoms with E-state index in [0.717, 1.165) is 23.2 Å². The van der Waals surface area contributed by atoms with Crippen LogP contribution in [0.3, 0.4) is 0 Å². The second-order valence-electron chi connectivity index (χ2n) is 6.23. The van der Waals surface area contributed by atoms with Gasteiger partial charge < -0.3 is 10.3 Å². The van der Waals surface area contributed by atoms with E-state index < -0.39 is 0 Å². The molecule has 2 N–H and O–H groups in total. The van der Waals surface area contributed by atoms with Gasteiger partial charge in [0, 0.05) is 28.2 Å². The Hall–Kier alpha value is -2.39. The molecule has 3 aromatic rings. The van der Waals surface area contributed by atoms with Crippen molar-refractivity contribution in [3.05, 3.63) is 66.1 Å². The smallest absolute Gasteiger partial charge is 0.123 e. The normalized spacial score (nSPS) is 11.9. The van der Waals surface area contributed by atoms with Gasteiger partial charge in [0.15, 0.2) is 0 Å². The molecule has 0 saturated heterocycles. The molecule has 0 spiro atoms. The summed E-state index contributed by atoms with van der Waals surface area (Å²) in [6.45, 7) is 4.99. The van der Waals surface area contributed by atoms with Crippen LogP contribution in [0.5, 0.6) is 0 Å². The van der Waals surface area contributed by atoms with Crippen molar-refractivity contribution < 1.29 is 4.39 Å². The SMILES string of the molecule is CC(C)n1c(/C=C/CCN)c(-c2ccc(F)cc2)c2ccccc21. The van der Waals surface area contributed by atoms with Gasteiger partial charge in [0.1, 0.15) is 5.82 Å². The molecule has 0 bridgehead atoms. The fraction of sp³-hybridized carbons (Fsp3) is 0.238. The zero-order valence-corrected chi connectivity index (χ0v) is 14.2. The molecule has 24 heavy (non-hydrogen) atoms. The van der Waals surface area contributed by atoms with Crippen LogP contribution in [0.15, 0.2) is 54.6 Å². The van der Waals surface area contributed by atoms with Gasteiger partial charge >= 0.3 is 0 Å². The van der Waals surface area contributed by atoms with E-state index >= 15 is 0 Å². The van der Waals surface area contributed by atoms with Crippen molar-refractivity contribution in [2.75, 3.05) is 6.54 Å². The minimum absolute atomic E-state index is 0.216. The number of hydrogen-bond donors (Lipinski definition) is 1. The van der Waals surface area contributed by atoms with Crippen LogP contribution >= 0.6 is 0 Å². The first-order chi connectivity index (χ1) is 11.6. The average Bonchev–Trinajstić information content (AvgIpc) is 2.90. The number of fused-ring (bicyclic) bond motifs is 1. The van der Waals surface area contributed by atoms with Crippen molar-refractivity contribution in [2.45, 2.75) is 26.3 Å². The van der Waals surface area contributed by atoms with E-state index in [1.165, 1.54) is 23.0 Å². The molecule has 3 rings (SSSR count). The molecule has 0 radical (unpaired) electrons. The Labute approximate surface area is 142 Å². The number of nitrogens with zero attached hydrogens (tertiary/aromatic N) is 1. The van der Waals surface area contributed by atoms with Gasteiger partial charge in [-0.1, -0.05) is 36.4 Å². The summed E-state index contributed by atoms with van der Waals surface area (Å²) < 4.78 is 15.7. The number of aromatic nitrogens is 1. The highest BCUT2D eigenvalue weighted by molar-refractivity contribution is 6.00. The lowest BCUT2D eigenvalue weighted by Crippen LogP contribution is -2.03. The maximum absolute atomic E-state index is 13.4. The highest BCUT2D eigenvalue weighted by atomic mass is 19.1. The van der Waals surface area contributed by atoms with E-state index in [0.29, 0.717) is 12.6 Å². The number of para-hydroxylation sites is 1. The summed E-state index contributed by atoms with van der Waals surface area (Å²) >= 11 is 0. The first-order valence-electron chi connectivity index (χ1n) is 8.39. The molecule has 0 unspecified atom stereocenters. The van der Waals surface area contributed by atoms with E-state index in [2.05, 4.69) is 48.8 Å². The summed E-state index contributed by atoms with van der Waals surface area (Å²) in [5, 5.41) is 1.19. The van der Waals surface area contributed by atoms with Crippen LogP contribution in [0.1, 0.15) is 32.0 Å². The van der Waals surface area contributed by atoms with Gasteiger partial charge in [-0.05, 0) is 56.7 Å². The molecule has 0 aliphatic rings. The van der Waals surface area contributed by atoms with Gasteiger partial charge in [0.2, 0.25) is 0 Å². The van der Waals surface area contributed by atoms with Crippen LogP contribution in [-0.2, 0) is 0 Å². The lowest BCUT2D eigenvalue weighted by Gasteiger charge is -2.13. The molecule has 0 aliphatic carbocycles. The Morgan fingerprint density at radius 2 is 1.79 bits per heavy atom. The van der Waals surface area contributed by atoms with Gasteiger partial charge in [0.25, 0.3) is 0 Å². The lowest BCUT2D eigenvalue weighted by molar-refractivity contribution is 0.618. The van der Waals surface area contributed by atoms with E-state index in [1.54, 1.807) is 0 Å². The molecule has 0 atom stereocenters. The third kappa shape index (κ3) is 3.00. The number of rotatable bonds is 5. The maximum atomic E-state index is 13.4. The fourth-order valence-electron chi connectivity index (χ4n) is 3.21. The van der Waals surface area contributed by atoms with Crippen molar-refractivity contribution >= 4 is 17.0 Å². The van der Waals surface area contributed by atoms with Crippen LogP contribution in [-0.4, -0.2) is 11.1 Å². The molecule has 0 saturated carbocycles. The highest BCUT2D eigenvalue weighted by Crippen LogP contribution is 2.37. The number of halogens is 1. The summed E-state index contributed by atoms with van der Waals surface area (Å²) in [5.41, 5.74) is 10.1. The summed E-state index contributed by atoms with van der Waals surface area (Å²) in [7, 11) is 0. The number of benzene rings is 2. The monoisotopic (exact) mass is 322 g/mol. The standard InChI is InChI=1S/C21H23FN2/c1-15(2)24-19-8-4-3-7-18(19)21(20(24)9-5-6-14-23)16-10-12-17(22)13-11-16/h3-5,7-13,15H,6,14,23H2,1-2H3/b9-5+. The fourth-order valence-corrected chi connectivity index (χ4v) is 3.21. The molecule has 124 valence electrons. The van der Waals surface area contributed by atoms with E-state index in [-0.39, 0.29) is 5.82 Å². The predicted molar refractivity (Wildman–Crippen MR) is 100 cm³/mol. The third-order valence-corrected chi connectivity index (χ3v) is 4.21. The van der Waals surface area contributed by atoms with Crippen molar-refractivity contribution in [1.82, 2.24) is 4.57 Å². The minimum atomic E-state index is -0.216. The maximum Gasteiger partial charge on any atom is 0.123 e. The van der Waals surface area contributed by atoms with Crippen molar-refractivity contribution in [1.29, 1.82) is 0 Å². The Morgan fingerprint density at radius 1 is 1.08 bits per heavy atom. The Bertz CT molecular complexity index is 857. The minimum Gasteiger partial charge on any atom is -0.338 e. The van der Waals surface area contributed by atoms with Gasteiger partial charge in [-0.3, -0.25) is 0 Å². The summed E-state index contributed by atoms with van der Waals surface area (Å²) in [6.07, 6.45) is 5.09. The Balaban J connectivity index is 2.32. The van der Waals surface area contributed by atoms with Crippen molar-refractivity contribution in [3.8, 4) is 11.1 Å². The molecule has 2 nitrogen and oxygen atoms in total. The Kier molecular flexibility index (Phi) is 4.81. The van der Waals surface area contributed by atoms with Crippen LogP contribution in [0.4, 0.5) is 4.39 Å². The molecule has 3 heteroatoms. The van der Waals surface area contributed by atoms with Crippen LogP contribution in [0, 0.1) is 5.82 Å². The molecular weight excluding hydrogens is 299 g/mol. The molecule has 2 aromatic carbocycles. The number of hydrogen-bond acceptors (Lipinski definition) is 1. The average molecular weight is 322 g/mol. The summed E-state index contributed by atoms with van der Waals surface area (Å²) in [4.78, 5) is 0. The zero-order valence-electron chi connectivity index (χ0n) is 14.2. The third-order valence-electron chi connectivity index (χ3n) is 4.21. The first kappa shape index (κ1) is 16.5. The molecular formula is C21H23FN2. The zero-order chi connectivity index (χ0) is 17.1. The van der Waals surface area contributed by atoms with Crippen LogP contribution < -0.4 is 5.73 Å². The van der Waals surface area contributed by atoms with Crippen LogP contribution in [0.2, 0.25) is 0 Å². The van der Waals surface area contributed by atoms with Gasteiger partial charge in [0.05, 0.1) is 0 Å². The molecule has 1 heterocycles. The second-order valence-corrected chi connectivity index (χ2v) is 6.23. The van der Waals surface area contributed by atoms with E-state index in [4.69, 9.17) is 5.73 Å². The van der Waals surface area contributed by atoms with Gasteiger partial charge in [-0.15, -0.1) is 0 Å². The molecule has 1 aromatic heterocycles. The van der Waals surface area contributed by atoms with E-state index in [1.807, 2.05) is 18.2 Å². The first-order valence-corrected chi connectivity index (χ1v) is 8.39. The largest absolute Gasteiger partial charge is 0.338 e. The van der Waals surface area contributed by atoms with Gasteiger partial charge in [-0.2, -0.15) is 0 Å².